The van der Waals surface area contributed by atoms with E-state index in [1.807, 2.05) is 36.0 Å². The van der Waals surface area contributed by atoms with Gasteiger partial charge in [0.05, 0.1) is 29.7 Å². The quantitative estimate of drug-likeness (QED) is 0.306. The summed E-state index contributed by atoms with van der Waals surface area (Å²) in [4.78, 5) is 51.7. The lowest BCUT2D eigenvalue weighted by atomic mass is 9.92. The van der Waals surface area contributed by atoms with Gasteiger partial charge in [-0.1, -0.05) is 11.6 Å². The largest absolute Gasteiger partial charge is 0.371 e. The molecule has 3 amide bonds. The summed E-state index contributed by atoms with van der Waals surface area (Å²) >= 11 is 6.48. The van der Waals surface area contributed by atoms with Crippen LogP contribution in [0.25, 0.3) is 10.9 Å². The van der Waals surface area contributed by atoms with Crippen LogP contribution in [0.1, 0.15) is 42.9 Å². The summed E-state index contributed by atoms with van der Waals surface area (Å²) in [5.74, 6) is 0.298. The fraction of sp³-hybridized carbons (Fsp3) is 0.375. The van der Waals surface area contributed by atoms with E-state index in [1.54, 1.807) is 18.1 Å². The predicted octanol–water partition coefficient (Wildman–Crippen LogP) is 3.90. The first-order valence-electron chi connectivity index (χ1n) is 15.1. The zero-order valence-electron chi connectivity index (χ0n) is 25.4. The van der Waals surface area contributed by atoms with Gasteiger partial charge in [0.15, 0.2) is 5.82 Å². The van der Waals surface area contributed by atoms with E-state index in [-0.39, 0.29) is 17.7 Å². The van der Waals surface area contributed by atoms with E-state index in [9.17, 15) is 14.4 Å². The van der Waals surface area contributed by atoms with Crippen molar-refractivity contribution in [1.29, 1.82) is 0 Å². The third kappa shape index (κ3) is 5.33. The van der Waals surface area contributed by atoms with Gasteiger partial charge in [-0.3, -0.25) is 24.4 Å². The molecule has 2 saturated heterocycles. The minimum Gasteiger partial charge on any atom is -0.371 e. The average molecular weight is 628 g/mol. The van der Waals surface area contributed by atoms with Crippen LogP contribution in [0.4, 0.5) is 28.8 Å². The fourth-order valence-electron chi connectivity index (χ4n) is 6.65. The van der Waals surface area contributed by atoms with Gasteiger partial charge in [0.1, 0.15) is 5.02 Å². The Morgan fingerprint density at radius 1 is 1.04 bits per heavy atom. The zero-order valence-corrected chi connectivity index (χ0v) is 26.1. The highest BCUT2D eigenvalue weighted by Gasteiger charge is 2.32. The molecule has 4 aromatic rings. The molecule has 7 rings (SSSR count). The Morgan fingerprint density at radius 3 is 2.62 bits per heavy atom. The Hall–Kier alpha value is -4.71. The van der Waals surface area contributed by atoms with Crippen LogP contribution in [-0.4, -0.2) is 70.7 Å². The van der Waals surface area contributed by atoms with Crippen molar-refractivity contribution < 1.29 is 14.4 Å². The Bertz CT molecular complexity index is 1850. The summed E-state index contributed by atoms with van der Waals surface area (Å²) < 4.78 is 1.82. The molecule has 0 saturated carbocycles. The van der Waals surface area contributed by atoms with Crippen molar-refractivity contribution >= 4 is 69.1 Å². The lowest BCUT2D eigenvalue weighted by Gasteiger charge is -2.38. The van der Waals surface area contributed by atoms with Crippen molar-refractivity contribution in [2.45, 2.75) is 44.1 Å². The number of carbonyl (C=O) groups excluding carboxylic acids is 3. The number of halogens is 1. The number of likely N-dealkylation sites (N-methyl/N-ethyl adjacent to an activating group) is 1. The van der Waals surface area contributed by atoms with E-state index in [0.717, 1.165) is 65.2 Å². The minimum atomic E-state index is -0.425. The second-order valence-electron chi connectivity index (χ2n) is 12.0. The van der Waals surface area contributed by atoms with Gasteiger partial charge in [-0.2, -0.15) is 10.1 Å². The molecular weight excluding hydrogens is 594 g/mol. The smallest absolute Gasteiger partial charge is 0.235 e. The first-order valence-corrected chi connectivity index (χ1v) is 15.5. The molecule has 2 N–H and O–H groups in total. The number of nitrogens with zero attached hydrogens (tertiary/aromatic N) is 7. The molecule has 12 nitrogen and oxygen atoms in total. The number of nitrogens with one attached hydrogen (secondary N) is 2. The topological polar surface area (TPSA) is 129 Å². The van der Waals surface area contributed by atoms with E-state index in [1.165, 1.54) is 0 Å². The third-order valence-electron chi connectivity index (χ3n) is 9.29. The van der Waals surface area contributed by atoms with Crippen LogP contribution in [0.3, 0.4) is 0 Å². The maximum atomic E-state index is 12.5. The van der Waals surface area contributed by atoms with Crippen LogP contribution in [0, 0.1) is 0 Å². The maximum Gasteiger partial charge on any atom is 0.235 e. The van der Waals surface area contributed by atoms with E-state index in [4.69, 9.17) is 16.6 Å². The SMILES string of the molecule is CN1C(=O)Cc2cc(Nc3nc(N4CCC(N(C)c5ccc6c(C7CCC(=O)NC7=O)nn(C)c6c5)CC4)ncc3Cl)ccc21. The van der Waals surface area contributed by atoms with Crippen LogP contribution in [0.5, 0.6) is 0 Å². The Balaban J connectivity index is 1.02. The molecule has 2 fully saturated rings. The summed E-state index contributed by atoms with van der Waals surface area (Å²) in [5, 5.41) is 11.8. The predicted molar refractivity (Wildman–Crippen MR) is 173 cm³/mol. The number of piperidine rings is 2. The maximum absolute atomic E-state index is 12.5. The van der Waals surface area contributed by atoms with Crippen LogP contribution in [0.2, 0.25) is 5.02 Å². The Kier molecular flexibility index (Phi) is 7.31. The third-order valence-corrected chi connectivity index (χ3v) is 9.56. The highest BCUT2D eigenvalue weighted by atomic mass is 35.5. The summed E-state index contributed by atoms with van der Waals surface area (Å²) in [6, 6.07) is 12.4. The van der Waals surface area contributed by atoms with Crippen molar-refractivity contribution in [3.63, 3.8) is 0 Å². The highest BCUT2D eigenvalue weighted by molar-refractivity contribution is 6.32. The molecule has 3 aliphatic heterocycles. The van der Waals surface area contributed by atoms with E-state index < -0.39 is 5.92 Å². The van der Waals surface area contributed by atoms with Gasteiger partial charge in [-0.05, 0) is 61.2 Å². The summed E-state index contributed by atoms with van der Waals surface area (Å²) in [5.41, 5.74) is 5.46. The van der Waals surface area contributed by atoms with Crippen LogP contribution in [-0.2, 0) is 27.9 Å². The monoisotopic (exact) mass is 627 g/mol. The fourth-order valence-corrected chi connectivity index (χ4v) is 6.79. The second kappa shape index (κ2) is 11.3. The molecule has 13 heteroatoms. The lowest BCUT2D eigenvalue weighted by Crippen LogP contribution is -2.44. The molecular formula is C32H34ClN9O3. The second-order valence-corrected chi connectivity index (χ2v) is 12.4. The normalized spacial score (nSPS) is 18.8. The molecule has 1 unspecified atom stereocenters. The number of benzene rings is 2. The van der Waals surface area contributed by atoms with Gasteiger partial charge < -0.3 is 20.0 Å². The Morgan fingerprint density at radius 2 is 1.84 bits per heavy atom. The van der Waals surface area contributed by atoms with Gasteiger partial charge in [0.2, 0.25) is 23.7 Å². The Labute approximate surface area is 265 Å². The summed E-state index contributed by atoms with van der Waals surface area (Å²) in [6.07, 6.45) is 4.64. The van der Waals surface area contributed by atoms with Crippen molar-refractivity contribution in [1.82, 2.24) is 25.1 Å². The van der Waals surface area contributed by atoms with Crippen molar-refractivity contribution in [2.24, 2.45) is 7.05 Å². The average Bonchev–Trinajstić information content (AvgIpc) is 3.51. The number of hydrogen-bond donors (Lipinski definition) is 2. The van der Waals surface area contributed by atoms with Crippen LogP contribution in [0.15, 0.2) is 42.6 Å². The number of imide groups is 1. The molecule has 5 heterocycles. The van der Waals surface area contributed by atoms with E-state index in [2.05, 4.69) is 49.7 Å². The van der Waals surface area contributed by atoms with Gasteiger partial charge in [0, 0.05) is 69.1 Å². The molecule has 2 aromatic carbocycles. The van der Waals surface area contributed by atoms with Gasteiger partial charge in [-0.25, -0.2) is 4.98 Å². The molecule has 0 radical (unpaired) electrons. The van der Waals surface area contributed by atoms with Crippen LogP contribution >= 0.6 is 11.6 Å². The first kappa shape index (κ1) is 29.0. The van der Waals surface area contributed by atoms with Gasteiger partial charge in [0.25, 0.3) is 0 Å². The highest BCUT2D eigenvalue weighted by Crippen LogP contribution is 2.35. The molecule has 0 spiro atoms. The number of anilines is 5. The standard InChI is InChI=1S/C32H34ClN9O3/c1-39(21-5-6-22-26(16-21)41(3)38-29(22)23-7-9-27(43)36-31(23)45)20-10-12-42(13-11-20)32-34-17-24(33)30(37-32)35-19-4-8-25-18(14-19)15-28(44)40(25)2/h4-6,8,14,16-17,20,23H,7,9-13,15H2,1-3H3,(H,34,35,37)(H,36,43,45). The lowest BCUT2D eigenvalue weighted by molar-refractivity contribution is -0.134. The molecule has 1 atom stereocenters. The van der Waals surface area contributed by atoms with Gasteiger partial charge >= 0.3 is 0 Å². The molecule has 0 bridgehead atoms. The number of amides is 3. The molecule has 2 aromatic heterocycles. The van der Waals surface area contributed by atoms with Crippen molar-refractivity contribution in [3.8, 4) is 0 Å². The molecule has 45 heavy (non-hydrogen) atoms. The first-order chi connectivity index (χ1) is 21.7. The van der Waals surface area contributed by atoms with E-state index >= 15 is 0 Å². The summed E-state index contributed by atoms with van der Waals surface area (Å²) in [6.45, 7) is 1.58. The molecule has 0 aliphatic carbocycles. The number of rotatable bonds is 6. The zero-order chi connectivity index (χ0) is 31.4. The van der Waals surface area contributed by atoms with Crippen molar-refractivity contribution in [3.05, 3.63) is 58.9 Å². The van der Waals surface area contributed by atoms with Gasteiger partial charge in [-0.15, -0.1) is 0 Å². The molecule has 3 aliphatic rings. The van der Waals surface area contributed by atoms with Crippen molar-refractivity contribution in [2.75, 3.05) is 47.2 Å². The van der Waals surface area contributed by atoms with E-state index in [0.29, 0.717) is 42.1 Å². The number of carbonyl (C=O) groups is 3. The minimum absolute atomic E-state index is 0.0787. The number of hydrogen-bond acceptors (Lipinski definition) is 9. The number of aromatic nitrogens is 4. The molecule has 232 valence electrons. The summed E-state index contributed by atoms with van der Waals surface area (Å²) in [7, 11) is 5.79. The number of aryl methyl sites for hydroxylation is 1. The van der Waals surface area contributed by atoms with Crippen LogP contribution < -0.4 is 25.3 Å². The number of fused-ring (bicyclic) bond motifs is 2.